The number of hydrogen-bond acceptors (Lipinski definition) is 2. The third-order valence-electron chi connectivity index (χ3n) is 5.05. The van der Waals surface area contributed by atoms with Crippen molar-refractivity contribution in [2.45, 2.75) is 18.9 Å². The molecule has 1 saturated heterocycles. The number of fused-ring (bicyclic) bond motifs is 3. The highest BCUT2D eigenvalue weighted by atomic mass is 35.5. The molecule has 2 nitrogen and oxygen atoms in total. The first-order chi connectivity index (χ1) is 10.4. The van der Waals surface area contributed by atoms with Gasteiger partial charge in [-0.3, -0.25) is 4.90 Å². The van der Waals surface area contributed by atoms with E-state index in [9.17, 15) is 0 Å². The van der Waals surface area contributed by atoms with E-state index in [1.165, 1.54) is 41.6 Å². The van der Waals surface area contributed by atoms with Crippen LogP contribution in [-0.2, 0) is 0 Å². The van der Waals surface area contributed by atoms with Gasteiger partial charge in [-0.2, -0.15) is 0 Å². The smallest absolute Gasteiger partial charge is 0.0614 e. The van der Waals surface area contributed by atoms with Crippen LogP contribution in [-0.4, -0.2) is 24.5 Å². The van der Waals surface area contributed by atoms with Crippen molar-refractivity contribution in [2.24, 2.45) is 11.7 Å². The molecule has 116 valence electrons. The Balaban J connectivity index is 0.00000144. The zero-order chi connectivity index (χ0) is 14.2. The monoisotopic (exact) mass is 314 g/mol. The zero-order valence-electron chi connectivity index (χ0n) is 12.7. The van der Waals surface area contributed by atoms with Gasteiger partial charge in [-0.15, -0.1) is 12.4 Å². The lowest BCUT2D eigenvalue weighted by atomic mass is 9.94. The second-order valence-electron chi connectivity index (χ2n) is 6.32. The fourth-order valence-corrected chi connectivity index (χ4v) is 4.05. The molecule has 0 aromatic heterocycles. The number of rotatable bonds is 2. The van der Waals surface area contributed by atoms with E-state index >= 15 is 0 Å². The molecular weight excluding hydrogens is 292 g/mol. The highest BCUT2D eigenvalue weighted by Gasteiger charge is 2.34. The van der Waals surface area contributed by atoms with Gasteiger partial charge in [-0.25, -0.2) is 0 Å². The molecule has 0 spiro atoms. The van der Waals surface area contributed by atoms with E-state index < -0.39 is 0 Å². The molecule has 1 unspecified atom stereocenters. The lowest BCUT2D eigenvalue weighted by Crippen LogP contribution is -2.40. The lowest BCUT2D eigenvalue weighted by molar-refractivity contribution is 0.147. The number of hydrogen-bond donors (Lipinski definition) is 1. The summed E-state index contributed by atoms with van der Waals surface area (Å²) in [5, 5.41) is 0. The maximum Gasteiger partial charge on any atom is 0.0614 e. The van der Waals surface area contributed by atoms with Crippen molar-refractivity contribution < 1.29 is 0 Å². The molecule has 1 heterocycles. The number of nitrogens with two attached hydrogens (primary N) is 1. The van der Waals surface area contributed by atoms with Crippen LogP contribution in [0.3, 0.4) is 0 Å². The van der Waals surface area contributed by atoms with Crippen molar-refractivity contribution in [1.29, 1.82) is 0 Å². The number of piperidine rings is 1. The Labute approximate surface area is 138 Å². The van der Waals surface area contributed by atoms with Crippen molar-refractivity contribution >= 4 is 12.4 Å². The Morgan fingerprint density at radius 3 is 2.14 bits per heavy atom. The molecule has 1 aliphatic carbocycles. The summed E-state index contributed by atoms with van der Waals surface area (Å²) < 4.78 is 0. The highest BCUT2D eigenvalue weighted by Crippen LogP contribution is 2.46. The summed E-state index contributed by atoms with van der Waals surface area (Å²) >= 11 is 0. The summed E-state index contributed by atoms with van der Waals surface area (Å²) in [6.07, 6.45) is 2.55. The third kappa shape index (κ3) is 2.45. The van der Waals surface area contributed by atoms with Crippen LogP contribution in [0.25, 0.3) is 11.1 Å². The zero-order valence-corrected chi connectivity index (χ0v) is 13.6. The Bertz CT molecular complexity index is 610. The molecule has 2 aliphatic rings. The molecule has 1 fully saturated rings. The van der Waals surface area contributed by atoms with Gasteiger partial charge in [-0.1, -0.05) is 48.5 Å². The van der Waals surface area contributed by atoms with Crippen LogP contribution in [0.4, 0.5) is 0 Å². The van der Waals surface area contributed by atoms with Crippen molar-refractivity contribution in [2.75, 3.05) is 19.6 Å². The average Bonchev–Trinajstić information content (AvgIpc) is 2.89. The van der Waals surface area contributed by atoms with Crippen LogP contribution >= 0.6 is 12.4 Å². The summed E-state index contributed by atoms with van der Waals surface area (Å²) in [6, 6.07) is 18.2. The minimum Gasteiger partial charge on any atom is -0.330 e. The first kappa shape index (κ1) is 15.5. The summed E-state index contributed by atoms with van der Waals surface area (Å²) in [4.78, 5) is 2.64. The molecule has 3 heteroatoms. The van der Waals surface area contributed by atoms with E-state index in [0.29, 0.717) is 12.0 Å². The van der Waals surface area contributed by atoms with Crippen LogP contribution < -0.4 is 5.73 Å². The Hall–Kier alpha value is -1.35. The Kier molecular flexibility index (Phi) is 4.53. The van der Waals surface area contributed by atoms with Gasteiger partial charge in [0, 0.05) is 6.54 Å². The van der Waals surface area contributed by atoms with E-state index in [2.05, 4.69) is 53.4 Å². The summed E-state index contributed by atoms with van der Waals surface area (Å²) in [5.74, 6) is 0.652. The van der Waals surface area contributed by atoms with Gasteiger partial charge in [0.2, 0.25) is 0 Å². The lowest BCUT2D eigenvalue weighted by Gasteiger charge is -2.37. The van der Waals surface area contributed by atoms with Crippen LogP contribution in [0.1, 0.15) is 30.0 Å². The van der Waals surface area contributed by atoms with Gasteiger partial charge in [0.05, 0.1) is 6.04 Å². The molecule has 0 saturated carbocycles. The summed E-state index contributed by atoms with van der Waals surface area (Å²) in [5.41, 5.74) is 11.7. The van der Waals surface area contributed by atoms with E-state index in [0.717, 1.165) is 13.1 Å². The predicted molar refractivity (Wildman–Crippen MR) is 94.3 cm³/mol. The molecule has 0 amide bonds. The Morgan fingerprint density at radius 2 is 1.55 bits per heavy atom. The summed E-state index contributed by atoms with van der Waals surface area (Å²) in [6.45, 7) is 3.13. The van der Waals surface area contributed by atoms with Crippen molar-refractivity contribution in [3.05, 3.63) is 59.7 Å². The molecular formula is C19H23ClN2. The van der Waals surface area contributed by atoms with Gasteiger partial charge in [-0.05, 0) is 54.1 Å². The van der Waals surface area contributed by atoms with E-state index in [4.69, 9.17) is 5.73 Å². The number of nitrogens with zero attached hydrogens (tertiary/aromatic N) is 1. The van der Waals surface area contributed by atoms with Gasteiger partial charge in [0.25, 0.3) is 0 Å². The standard InChI is InChI=1S/C19H22N2.ClH/c20-12-14-6-5-11-21(13-14)19-17-9-3-1-7-15(17)16-8-2-4-10-18(16)19;/h1-4,7-10,14,19H,5-6,11-13,20H2;1H. The fourth-order valence-electron chi connectivity index (χ4n) is 4.05. The maximum atomic E-state index is 5.93. The van der Waals surface area contributed by atoms with E-state index in [-0.39, 0.29) is 12.4 Å². The second-order valence-corrected chi connectivity index (χ2v) is 6.32. The highest BCUT2D eigenvalue weighted by molar-refractivity contribution is 5.85. The Morgan fingerprint density at radius 1 is 0.955 bits per heavy atom. The van der Waals surface area contributed by atoms with Crippen molar-refractivity contribution in [1.82, 2.24) is 4.90 Å². The van der Waals surface area contributed by atoms with Crippen LogP contribution in [0.5, 0.6) is 0 Å². The fraction of sp³-hybridized carbons (Fsp3) is 0.368. The summed E-state index contributed by atoms with van der Waals surface area (Å²) in [7, 11) is 0. The minimum absolute atomic E-state index is 0. The van der Waals surface area contributed by atoms with Crippen molar-refractivity contribution in [3.8, 4) is 11.1 Å². The third-order valence-corrected chi connectivity index (χ3v) is 5.05. The van der Waals surface area contributed by atoms with E-state index in [1.54, 1.807) is 0 Å². The molecule has 22 heavy (non-hydrogen) atoms. The average molecular weight is 315 g/mol. The molecule has 1 aliphatic heterocycles. The first-order valence-corrected chi connectivity index (χ1v) is 8.01. The second kappa shape index (κ2) is 6.41. The first-order valence-electron chi connectivity index (χ1n) is 8.01. The maximum absolute atomic E-state index is 5.93. The number of halogens is 1. The van der Waals surface area contributed by atoms with Gasteiger partial charge in [0.15, 0.2) is 0 Å². The quantitative estimate of drug-likeness (QED) is 0.912. The van der Waals surface area contributed by atoms with Gasteiger partial charge < -0.3 is 5.73 Å². The molecule has 2 aromatic carbocycles. The van der Waals surface area contributed by atoms with Gasteiger partial charge >= 0.3 is 0 Å². The predicted octanol–water partition coefficient (Wildman–Crippen LogP) is 3.85. The molecule has 1 atom stereocenters. The SMILES string of the molecule is Cl.NCC1CCCN(C2c3ccccc3-c3ccccc32)C1. The van der Waals surface area contributed by atoms with Crippen LogP contribution in [0, 0.1) is 5.92 Å². The largest absolute Gasteiger partial charge is 0.330 e. The normalized spacial score (nSPS) is 21.0. The molecule has 4 rings (SSSR count). The minimum atomic E-state index is 0. The van der Waals surface area contributed by atoms with E-state index in [1.807, 2.05) is 0 Å². The molecule has 2 N–H and O–H groups in total. The van der Waals surface area contributed by atoms with Crippen LogP contribution in [0.15, 0.2) is 48.5 Å². The van der Waals surface area contributed by atoms with Gasteiger partial charge in [0.1, 0.15) is 0 Å². The molecule has 0 radical (unpaired) electrons. The molecule has 2 aromatic rings. The molecule has 0 bridgehead atoms. The van der Waals surface area contributed by atoms with Crippen molar-refractivity contribution in [3.63, 3.8) is 0 Å². The van der Waals surface area contributed by atoms with Crippen LogP contribution in [0.2, 0.25) is 0 Å². The number of benzene rings is 2. The number of likely N-dealkylation sites (tertiary alicyclic amines) is 1. The topological polar surface area (TPSA) is 29.3 Å².